The average Bonchev–Trinajstić information content (AvgIpc) is 3.51. The van der Waals surface area contributed by atoms with Gasteiger partial charge in [0.1, 0.15) is 12.3 Å². The number of pyridine rings is 1. The van der Waals surface area contributed by atoms with Crippen molar-refractivity contribution in [3.63, 3.8) is 0 Å². The smallest absolute Gasteiger partial charge is 0.369 e. The Hall–Kier alpha value is -2.69. The molecule has 2 fully saturated rings. The molecule has 11 heteroatoms. The molecule has 2 aliphatic rings. The topological polar surface area (TPSA) is 106 Å². The van der Waals surface area contributed by atoms with Crippen LogP contribution in [0.4, 0.5) is 13.2 Å². The zero-order chi connectivity index (χ0) is 21.5. The van der Waals surface area contributed by atoms with Crippen molar-refractivity contribution in [2.75, 3.05) is 6.61 Å². The average molecular weight is 426 g/mol. The lowest BCUT2D eigenvalue weighted by atomic mass is 9.92. The third-order valence-corrected chi connectivity index (χ3v) is 5.40. The SMILES string of the molecule is O=C(N[C@H]1CCC[C@H](OCC(F)(F)F)C1)c1cnc2c(c1)c(=O)[nH]c(=O)n2C1CC1. The summed E-state index contributed by atoms with van der Waals surface area (Å²) in [5.74, 6) is -0.477. The number of aromatic amines is 1. The third-order valence-electron chi connectivity index (χ3n) is 5.40. The van der Waals surface area contributed by atoms with E-state index in [1.807, 2.05) is 0 Å². The highest BCUT2D eigenvalue weighted by molar-refractivity contribution is 5.96. The number of hydrogen-bond acceptors (Lipinski definition) is 5. The first-order valence-corrected chi connectivity index (χ1v) is 9.85. The molecule has 2 aliphatic carbocycles. The van der Waals surface area contributed by atoms with E-state index in [0.717, 1.165) is 12.8 Å². The summed E-state index contributed by atoms with van der Waals surface area (Å²) < 4.78 is 43.4. The molecule has 2 aromatic heterocycles. The molecule has 0 aliphatic heterocycles. The number of fused-ring (bicyclic) bond motifs is 1. The number of carbonyl (C=O) groups is 1. The van der Waals surface area contributed by atoms with E-state index in [4.69, 9.17) is 4.74 Å². The predicted octanol–water partition coefficient (Wildman–Crippen LogP) is 2.04. The summed E-state index contributed by atoms with van der Waals surface area (Å²) in [5.41, 5.74) is -0.757. The molecule has 162 valence electrons. The summed E-state index contributed by atoms with van der Waals surface area (Å²) in [6, 6.07) is 1.05. The molecule has 2 atom stereocenters. The maximum atomic E-state index is 12.6. The summed E-state index contributed by atoms with van der Waals surface area (Å²) in [6.07, 6.45) is 0.0397. The maximum Gasteiger partial charge on any atom is 0.411 e. The van der Waals surface area contributed by atoms with Gasteiger partial charge in [-0.05, 0) is 44.6 Å². The number of amides is 1. The number of carbonyl (C=O) groups excluding carboxylic acids is 1. The minimum Gasteiger partial charge on any atom is -0.369 e. The molecule has 2 aromatic rings. The van der Waals surface area contributed by atoms with Gasteiger partial charge in [0.2, 0.25) is 0 Å². The normalized spacial score (nSPS) is 22.2. The van der Waals surface area contributed by atoms with Crippen LogP contribution in [0.25, 0.3) is 11.0 Å². The largest absolute Gasteiger partial charge is 0.411 e. The summed E-state index contributed by atoms with van der Waals surface area (Å²) in [7, 11) is 0. The number of ether oxygens (including phenoxy) is 1. The number of rotatable bonds is 5. The number of hydrogen-bond donors (Lipinski definition) is 2. The summed E-state index contributed by atoms with van der Waals surface area (Å²) in [4.78, 5) is 43.3. The molecular weight excluding hydrogens is 405 g/mol. The molecule has 0 aromatic carbocycles. The van der Waals surface area contributed by atoms with Gasteiger partial charge in [0.05, 0.1) is 17.1 Å². The Balaban J connectivity index is 1.48. The number of H-pyrrole nitrogens is 1. The zero-order valence-corrected chi connectivity index (χ0v) is 16.0. The molecule has 0 unspecified atom stereocenters. The highest BCUT2D eigenvalue weighted by Crippen LogP contribution is 2.34. The van der Waals surface area contributed by atoms with Gasteiger partial charge < -0.3 is 10.1 Å². The molecule has 1 amide bonds. The second-order valence-electron chi connectivity index (χ2n) is 7.84. The Kier molecular flexibility index (Phi) is 5.39. The van der Waals surface area contributed by atoms with Gasteiger partial charge in [-0.25, -0.2) is 9.78 Å². The van der Waals surface area contributed by atoms with E-state index >= 15 is 0 Å². The van der Waals surface area contributed by atoms with Crippen molar-refractivity contribution in [3.8, 4) is 0 Å². The van der Waals surface area contributed by atoms with Gasteiger partial charge in [-0.2, -0.15) is 13.2 Å². The number of aromatic nitrogens is 3. The van der Waals surface area contributed by atoms with Crippen LogP contribution >= 0.6 is 0 Å². The Morgan fingerprint density at radius 2 is 2.03 bits per heavy atom. The highest BCUT2D eigenvalue weighted by Gasteiger charge is 2.32. The number of nitrogens with zero attached hydrogens (tertiary/aromatic N) is 2. The minimum atomic E-state index is -4.39. The van der Waals surface area contributed by atoms with Gasteiger partial charge in [-0.3, -0.25) is 19.1 Å². The molecule has 0 radical (unpaired) electrons. The maximum absolute atomic E-state index is 12.6. The molecule has 30 heavy (non-hydrogen) atoms. The highest BCUT2D eigenvalue weighted by atomic mass is 19.4. The number of nitrogens with one attached hydrogen (secondary N) is 2. The summed E-state index contributed by atoms with van der Waals surface area (Å²) in [5, 5.41) is 2.93. The first-order chi connectivity index (χ1) is 14.2. The Labute approximate surface area is 168 Å². The molecular formula is C19H21F3N4O4. The molecule has 2 saturated carbocycles. The van der Waals surface area contributed by atoms with E-state index in [0.29, 0.717) is 19.3 Å². The first kappa shape index (κ1) is 20.6. The molecule has 0 saturated heterocycles. The van der Waals surface area contributed by atoms with E-state index in [9.17, 15) is 27.6 Å². The quantitative estimate of drug-likeness (QED) is 0.761. The first-order valence-electron chi connectivity index (χ1n) is 9.85. The van der Waals surface area contributed by atoms with Crippen molar-refractivity contribution in [2.45, 2.75) is 62.9 Å². The van der Waals surface area contributed by atoms with Crippen molar-refractivity contribution < 1.29 is 22.7 Å². The monoisotopic (exact) mass is 426 g/mol. The van der Waals surface area contributed by atoms with Crippen LogP contribution in [0.15, 0.2) is 21.9 Å². The van der Waals surface area contributed by atoms with Gasteiger partial charge >= 0.3 is 11.9 Å². The third kappa shape index (κ3) is 4.55. The van der Waals surface area contributed by atoms with E-state index in [1.165, 1.54) is 16.8 Å². The van der Waals surface area contributed by atoms with E-state index in [1.54, 1.807) is 0 Å². The standard InChI is InChI=1S/C19H21F3N4O4/c20-19(21,22)9-30-13-3-1-2-11(7-13)24-16(27)10-6-14-15(23-8-10)26(12-4-5-12)18(29)25-17(14)28/h6,8,11-13H,1-5,7,9H2,(H,24,27)(H,25,28,29)/t11-,13-/m0/s1. The fraction of sp³-hybridized carbons (Fsp3) is 0.579. The van der Waals surface area contributed by atoms with E-state index < -0.39 is 36.0 Å². The Bertz CT molecular complexity index is 1070. The van der Waals surface area contributed by atoms with Crippen LogP contribution in [0.1, 0.15) is 54.9 Å². The van der Waals surface area contributed by atoms with Crippen LogP contribution in [-0.4, -0.2) is 45.4 Å². The summed E-state index contributed by atoms with van der Waals surface area (Å²) >= 11 is 0. The Morgan fingerprint density at radius 3 is 2.73 bits per heavy atom. The van der Waals surface area contributed by atoms with Crippen molar-refractivity contribution in [1.82, 2.24) is 19.9 Å². The van der Waals surface area contributed by atoms with Gasteiger partial charge in [0.15, 0.2) is 0 Å². The van der Waals surface area contributed by atoms with Gasteiger partial charge in [-0.1, -0.05) is 0 Å². The Morgan fingerprint density at radius 1 is 1.27 bits per heavy atom. The number of halogens is 3. The fourth-order valence-corrected chi connectivity index (χ4v) is 3.84. The fourth-order valence-electron chi connectivity index (χ4n) is 3.84. The second-order valence-corrected chi connectivity index (χ2v) is 7.84. The van der Waals surface area contributed by atoms with Gasteiger partial charge in [-0.15, -0.1) is 0 Å². The molecule has 4 rings (SSSR count). The van der Waals surface area contributed by atoms with Crippen molar-refractivity contribution in [3.05, 3.63) is 38.7 Å². The van der Waals surface area contributed by atoms with Crippen molar-refractivity contribution >= 4 is 16.9 Å². The number of alkyl halides is 3. The van der Waals surface area contributed by atoms with E-state index in [2.05, 4.69) is 15.3 Å². The lowest BCUT2D eigenvalue weighted by Crippen LogP contribution is -2.41. The van der Waals surface area contributed by atoms with Crippen LogP contribution in [-0.2, 0) is 4.74 Å². The molecule has 2 N–H and O–H groups in total. The second kappa shape index (κ2) is 7.86. The lowest BCUT2D eigenvalue weighted by molar-refractivity contribution is -0.188. The molecule has 8 nitrogen and oxygen atoms in total. The molecule has 0 bridgehead atoms. The van der Waals surface area contributed by atoms with Gasteiger partial charge in [0.25, 0.3) is 11.5 Å². The van der Waals surface area contributed by atoms with Crippen LogP contribution in [0.5, 0.6) is 0 Å². The lowest BCUT2D eigenvalue weighted by Gasteiger charge is -2.30. The minimum absolute atomic E-state index is 0.0000953. The van der Waals surface area contributed by atoms with Crippen LogP contribution < -0.4 is 16.6 Å². The zero-order valence-electron chi connectivity index (χ0n) is 16.0. The van der Waals surface area contributed by atoms with Crippen molar-refractivity contribution in [1.29, 1.82) is 0 Å². The molecule has 0 spiro atoms. The van der Waals surface area contributed by atoms with E-state index in [-0.39, 0.29) is 35.1 Å². The van der Waals surface area contributed by atoms with Crippen LogP contribution in [0.3, 0.4) is 0 Å². The van der Waals surface area contributed by atoms with Crippen LogP contribution in [0, 0.1) is 0 Å². The summed E-state index contributed by atoms with van der Waals surface area (Å²) in [6.45, 7) is -1.31. The predicted molar refractivity (Wildman–Crippen MR) is 100 cm³/mol. The van der Waals surface area contributed by atoms with Gasteiger partial charge in [0, 0.05) is 18.3 Å². The van der Waals surface area contributed by atoms with Crippen molar-refractivity contribution in [2.24, 2.45) is 0 Å². The van der Waals surface area contributed by atoms with Crippen LogP contribution in [0.2, 0.25) is 0 Å². The molecule has 2 heterocycles.